The fourth-order valence-electron chi connectivity index (χ4n) is 2.87. The normalized spacial score (nSPS) is 11.8. The summed E-state index contributed by atoms with van der Waals surface area (Å²) in [6.45, 7) is 12.9. The van der Waals surface area contributed by atoms with Gasteiger partial charge in [0, 0.05) is 33.0 Å². The molecule has 0 saturated carbocycles. The van der Waals surface area contributed by atoms with Crippen LogP contribution in [0, 0.1) is 5.41 Å². The molecule has 0 amide bonds. The first-order chi connectivity index (χ1) is 14.3. The number of ether oxygens (including phenoxy) is 5. The molecule has 0 radical (unpaired) electrons. The van der Waals surface area contributed by atoms with Crippen molar-refractivity contribution in [1.29, 1.82) is 0 Å². The second kappa shape index (κ2) is 17.8. The molecule has 0 unspecified atom stereocenters. The lowest BCUT2D eigenvalue weighted by molar-refractivity contribution is -0.107. The van der Waals surface area contributed by atoms with Crippen molar-refractivity contribution in [3.05, 3.63) is 35.9 Å². The lowest BCUT2D eigenvalue weighted by Crippen LogP contribution is -2.42. The van der Waals surface area contributed by atoms with Gasteiger partial charge in [0.1, 0.15) is 0 Å². The summed E-state index contributed by atoms with van der Waals surface area (Å²) < 4.78 is 29.4. The van der Waals surface area contributed by atoms with Crippen LogP contribution in [0.1, 0.15) is 52.0 Å². The molecule has 5 heteroatoms. The van der Waals surface area contributed by atoms with Crippen molar-refractivity contribution >= 4 is 0 Å². The highest BCUT2D eigenvalue weighted by Gasteiger charge is 2.32. The Balaban J connectivity index is 2.39. The first-order valence-electron chi connectivity index (χ1n) is 11.2. The number of rotatable bonds is 20. The molecule has 29 heavy (non-hydrogen) atoms. The Labute approximate surface area is 178 Å². The molecule has 0 spiro atoms. The Morgan fingerprint density at radius 3 is 1.52 bits per heavy atom. The molecule has 5 nitrogen and oxygen atoms in total. The van der Waals surface area contributed by atoms with Crippen molar-refractivity contribution in [3.8, 4) is 0 Å². The highest BCUT2D eigenvalue weighted by Crippen LogP contribution is 2.21. The van der Waals surface area contributed by atoms with Crippen molar-refractivity contribution < 1.29 is 23.7 Å². The van der Waals surface area contributed by atoms with Gasteiger partial charge in [-0.25, -0.2) is 0 Å². The molecule has 0 saturated heterocycles. The van der Waals surface area contributed by atoms with E-state index in [1.54, 1.807) is 0 Å². The van der Waals surface area contributed by atoms with Crippen LogP contribution in [0.4, 0.5) is 0 Å². The molecule has 0 aromatic heterocycles. The first kappa shape index (κ1) is 26.1. The number of benzene rings is 1. The van der Waals surface area contributed by atoms with E-state index in [0.29, 0.717) is 46.2 Å². The fraction of sp³-hybridized carbons (Fsp3) is 0.750. The summed E-state index contributed by atoms with van der Waals surface area (Å²) in [5, 5.41) is 0. The Morgan fingerprint density at radius 1 is 0.586 bits per heavy atom. The minimum Gasteiger partial charge on any atom is -0.381 e. The van der Waals surface area contributed by atoms with Crippen LogP contribution >= 0.6 is 0 Å². The zero-order valence-corrected chi connectivity index (χ0v) is 18.8. The second-order valence-electron chi connectivity index (χ2n) is 7.60. The van der Waals surface area contributed by atoms with Gasteiger partial charge in [0.05, 0.1) is 38.4 Å². The molecule has 168 valence electrons. The van der Waals surface area contributed by atoms with Gasteiger partial charge >= 0.3 is 0 Å². The topological polar surface area (TPSA) is 46.2 Å². The third kappa shape index (κ3) is 13.0. The van der Waals surface area contributed by atoms with Crippen LogP contribution < -0.4 is 0 Å². The van der Waals surface area contributed by atoms with Crippen LogP contribution in [0.5, 0.6) is 0 Å². The van der Waals surface area contributed by atoms with Crippen LogP contribution in [0.2, 0.25) is 0 Å². The summed E-state index contributed by atoms with van der Waals surface area (Å²) in [7, 11) is 0. The minimum absolute atomic E-state index is 0.260. The largest absolute Gasteiger partial charge is 0.381 e. The van der Waals surface area contributed by atoms with Gasteiger partial charge < -0.3 is 23.7 Å². The summed E-state index contributed by atoms with van der Waals surface area (Å²) in [4.78, 5) is 0. The average Bonchev–Trinajstić information content (AvgIpc) is 2.74. The fourth-order valence-corrected chi connectivity index (χ4v) is 2.87. The summed E-state index contributed by atoms with van der Waals surface area (Å²) in [5.41, 5.74) is 0.936. The molecule has 0 aliphatic rings. The molecular weight excluding hydrogens is 368 g/mol. The summed E-state index contributed by atoms with van der Waals surface area (Å²) in [6.07, 6.45) is 3.87. The van der Waals surface area contributed by atoms with Gasteiger partial charge in [0.25, 0.3) is 0 Å². The number of hydrogen-bond donors (Lipinski definition) is 0. The summed E-state index contributed by atoms with van der Waals surface area (Å²) >= 11 is 0. The standard InChI is InChI=1S/C24H42O5/c1-4-13-26-19-24(20-27-14-5-2,21-28-15-6-3)22-29-17-10-16-25-18-23-11-8-7-9-12-23/h7-9,11-12H,4-6,10,13-22H2,1-3H3. The monoisotopic (exact) mass is 410 g/mol. The van der Waals surface area contributed by atoms with Crippen molar-refractivity contribution in [2.45, 2.75) is 53.1 Å². The predicted octanol–water partition coefficient (Wildman–Crippen LogP) is 4.88. The van der Waals surface area contributed by atoms with E-state index in [9.17, 15) is 0 Å². The van der Waals surface area contributed by atoms with Gasteiger partial charge in [-0.15, -0.1) is 0 Å². The molecule has 0 fully saturated rings. The maximum Gasteiger partial charge on any atom is 0.0716 e. The molecule has 0 aliphatic heterocycles. The maximum absolute atomic E-state index is 6.02. The molecule has 1 aromatic rings. The van der Waals surface area contributed by atoms with Gasteiger partial charge in [-0.1, -0.05) is 51.1 Å². The van der Waals surface area contributed by atoms with Gasteiger partial charge in [-0.2, -0.15) is 0 Å². The molecule has 1 rings (SSSR count). The van der Waals surface area contributed by atoms with Gasteiger partial charge in [-0.3, -0.25) is 0 Å². The van der Waals surface area contributed by atoms with Crippen LogP contribution in [0.25, 0.3) is 0 Å². The predicted molar refractivity (Wildman–Crippen MR) is 117 cm³/mol. The molecule has 0 aliphatic carbocycles. The highest BCUT2D eigenvalue weighted by atomic mass is 16.5. The molecular formula is C24H42O5. The molecule has 0 N–H and O–H groups in total. The van der Waals surface area contributed by atoms with E-state index < -0.39 is 0 Å². The van der Waals surface area contributed by atoms with E-state index in [-0.39, 0.29) is 5.41 Å². The van der Waals surface area contributed by atoms with Crippen molar-refractivity contribution in [2.24, 2.45) is 5.41 Å². The molecule has 0 bridgehead atoms. The van der Waals surface area contributed by atoms with E-state index >= 15 is 0 Å². The van der Waals surface area contributed by atoms with Crippen LogP contribution in [-0.4, -0.2) is 59.5 Å². The summed E-state index contributed by atoms with van der Waals surface area (Å²) in [6, 6.07) is 10.2. The van der Waals surface area contributed by atoms with Crippen LogP contribution in [-0.2, 0) is 30.3 Å². The molecule has 1 aromatic carbocycles. The Hall–Kier alpha value is -0.980. The second-order valence-corrected chi connectivity index (χ2v) is 7.60. The molecule has 0 atom stereocenters. The van der Waals surface area contributed by atoms with Gasteiger partial charge in [-0.05, 0) is 31.2 Å². The van der Waals surface area contributed by atoms with Gasteiger partial charge in [0.2, 0.25) is 0 Å². The van der Waals surface area contributed by atoms with E-state index in [1.165, 1.54) is 5.56 Å². The third-order valence-electron chi connectivity index (χ3n) is 4.37. The zero-order valence-electron chi connectivity index (χ0n) is 18.8. The molecule has 0 heterocycles. The van der Waals surface area contributed by atoms with Crippen LogP contribution in [0.3, 0.4) is 0 Å². The number of hydrogen-bond acceptors (Lipinski definition) is 5. The van der Waals surface area contributed by atoms with E-state index in [0.717, 1.165) is 45.5 Å². The summed E-state index contributed by atoms with van der Waals surface area (Å²) in [5.74, 6) is 0. The zero-order chi connectivity index (χ0) is 21.0. The van der Waals surface area contributed by atoms with E-state index in [2.05, 4.69) is 32.9 Å². The maximum atomic E-state index is 6.02. The smallest absolute Gasteiger partial charge is 0.0716 e. The quantitative estimate of drug-likeness (QED) is 0.287. The first-order valence-corrected chi connectivity index (χ1v) is 11.2. The lowest BCUT2D eigenvalue weighted by Gasteiger charge is -2.33. The SMILES string of the molecule is CCCOCC(COCCC)(COCCC)COCCCOCc1ccccc1. The van der Waals surface area contributed by atoms with Crippen molar-refractivity contribution in [1.82, 2.24) is 0 Å². The third-order valence-corrected chi connectivity index (χ3v) is 4.37. The van der Waals surface area contributed by atoms with E-state index in [1.807, 2.05) is 18.2 Å². The van der Waals surface area contributed by atoms with E-state index in [4.69, 9.17) is 23.7 Å². The lowest BCUT2D eigenvalue weighted by atomic mass is 9.92. The van der Waals surface area contributed by atoms with Crippen molar-refractivity contribution in [3.63, 3.8) is 0 Å². The average molecular weight is 411 g/mol. The highest BCUT2D eigenvalue weighted by molar-refractivity contribution is 5.13. The Morgan fingerprint density at radius 2 is 1.03 bits per heavy atom. The van der Waals surface area contributed by atoms with Gasteiger partial charge in [0.15, 0.2) is 0 Å². The van der Waals surface area contributed by atoms with Crippen LogP contribution in [0.15, 0.2) is 30.3 Å². The Kier molecular flexibility index (Phi) is 16.0. The Bertz CT molecular complexity index is 439. The van der Waals surface area contributed by atoms with Crippen molar-refractivity contribution in [2.75, 3.05) is 59.5 Å². The minimum atomic E-state index is -0.260.